The summed E-state index contributed by atoms with van der Waals surface area (Å²) in [4.78, 5) is 10.9. The fraction of sp³-hybridized carbons (Fsp3) is 0.316. The molecule has 3 nitrogen and oxygen atoms in total. The highest BCUT2D eigenvalue weighted by Gasteiger charge is 2.14. The molecule has 1 atom stereocenters. The van der Waals surface area contributed by atoms with E-state index in [-0.39, 0.29) is 11.9 Å². The molecule has 2 aromatic rings. The van der Waals surface area contributed by atoms with Crippen LogP contribution < -0.4 is 5.32 Å². The van der Waals surface area contributed by atoms with Crippen LogP contribution in [0.15, 0.2) is 48.5 Å². The predicted octanol–water partition coefficient (Wildman–Crippen LogP) is 3.88. The van der Waals surface area contributed by atoms with Gasteiger partial charge in [-0.1, -0.05) is 38.1 Å². The van der Waals surface area contributed by atoms with E-state index in [1.165, 1.54) is 12.1 Å². The summed E-state index contributed by atoms with van der Waals surface area (Å²) in [5.74, 6) is -0.708. The zero-order valence-electron chi connectivity index (χ0n) is 13.4. The van der Waals surface area contributed by atoms with Gasteiger partial charge in [0.2, 0.25) is 0 Å². The molecule has 0 spiro atoms. The number of carboxylic acid groups (broad SMARTS) is 1. The van der Waals surface area contributed by atoms with Gasteiger partial charge < -0.3 is 10.4 Å². The number of benzene rings is 2. The second kappa shape index (κ2) is 7.88. The van der Waals surface area contributed by atoms with Gasteiger partial charge in [-0.05, 0) is 47.7 Å². The maximum absolute atomic E-state index is 13.0. The lowest BCUT2D eigenvalue weighted by molar-refractivity contribution is 0.0697. The molecule has 0 aliphatic rings. The smallest absolute Gasteiger partial charge is 0.335 e. The third-order valence-electron chi connectivity index (χ3n) is 3.94. The minimum absolute atomic E-state index is 0.221. The molecule has 0 saturated heterocycles. The molecule has 0 saturated carbocycles. The van der Waals surface area contributed by atoms with Crippen molar-refractivity contribution >= 4 is 5.97 Å². The standard InChI is InChI=1S/C19H22FNO2/c1-13(2)18(11-14-5-9-17(20)10-6-14)21-12-15-3-7-16(8-4-15)19(22)23/h3-10,13,18,21H,11-12H2,1-2H3,(H,22,23). The minimum atomic E-state index is -0.916. The Morgan fingerprint density at radius 1 is 1.04 bits per heavy atom. The van der Waals surface area contributed by atoms with Crippen LogP contribution in [0.1, 0.15) is 35.3 Å². The lowest BCUT2D eigenvalue weighted by Crippen LogP contribution is -2.35. The number of hydrogen-bond donors (Lipinski definition) is 2. The molecule has 0 radical (unpaired) electrons. The highest BCUT2D eigenvalue weighted by molar-refractivity contribution is 5.87. The van der Waals surface area contributed by atoms with Crippen molar-refractivity contribution in [3.63, 3.8) is 0 Å². The SMILES string of the molecule is CC(C)C(Cc1ccc(F)cc1)NCc1ccc(C(=O)O)cc1. The van der Waals surface area contributed by atoms with Crippen LogP contribution in [0.5, 0.6) is 0 Å². The predicted molar refractivity (Wildman–Crippen MR) is 89.0 cm³/mol. The molecule has 2 N–H and O–H groups in total. The number of nitrogens with one attached hydrogen (secondary N) is 1. The van der Waals surface area contributed by atoms with Crippen LogP contribution >= 0.6 is 0 Å². The number of halogens is 1. The van der Waals surface area contributed by atoms with E-state index in [2.05, 4.69) is 19.2 Å². The summed E-state index contributed by atoms with van der Waals surface area (Å²) in [5.41, 5.74) is 2.43. The highest BCUT2D eigenvalue weighted by atomic mass is 19.1. The monoisotopic (exact) mass is 315 g/mol. The first-order valence-corrected chi connectivity index (χ1v) is 7.76. The van der Waals surface area contributed by atoms with Crippen LogP contribution in [-0.4, -0.2) is 17.1 Å². The van der Waals surface area contributed by atoms with Crippen molar-refractivity contribution in [3.05, 3.63) is 71.0 Å². The molecule has 4 heteroatoms. The van der Waals surface area contributed by atoms with Crippen LogP contribution in [-0.2, 0) is 13.0 Å². The van der Waals surface area contributed by atoms with Crippen molar-refractivity contribution in [2.24, 2.45) is 5.92 Å². The van der Waals surface area contributed by atoms with E-state index < -0.39 is 5.97 Å². The van der Waals surface area contributed by atoms with Crippen LogP contribution in [0.2, 0.25) is 0 Å². The number of aromatic carboxylic acids is 1. The lowest BCUT2D eigenvalue weighted by Gasteiger charge is -2.23. The third kappa shape index (κ3) is 5.18. The first-order valence-electron chi connectivity index (χ1n) is 7.76. The number of rotatable bonds is 7. The number of hydrogen-bond acceptors (Lipinski definition) is 2. The van der Waals surface area contributed by atoms with E-state index in [0.717, 1.165) is 17.5 Å². The topological polar surface area (TPSA) is 49.3 Å². The van der Waals surface area contributed by atoms with Crippen molar-refractivity contribution in [2.45, 2.75) is 32.9 Å². The molecular formula is C19H22FNO2. The van der Waals surface area contributed by atoms with E-state index in [1.807, 2.05) is 24.3 Å². The van der Waals surface area contributed by atoms with Crippen LogP contribution in [0.25, 0.3) is 0 Å². The Hall–Kier alpha value is -2.20. The Labute approximate surface area is 136 Å². The van der Waals surface area contributed by atoms with Crippen LogP contribution in [0, 0.1) is 11.7 Å². The van der Waals surface area contributed by atoms with Crippen LogP contribution in [0.3, 0.4) is 0 Å². The largest absolute Gasteiger partial charge is 0.478 e. The minimum Gasteiger partial charge on any atom is -0.478 e. The van der Waals surface area contributed by atoms with E-state index in [4.69, 9.17) is 5.11 Å². The molecule has 0 aromatic heterocycles. The van der Waals surface area contributed by atoms with Crippen molar-refractivity contribution in [3.8, 4) is 0 Å². The summed E-state index contributed by atoms with van der Waals surface area (Å²) in [6.45, 7) is 4.97. The van der Waals surface area contributed by atoms with Gasteiger partial charge in [-0.15, -0.1) is 0 Å². The van der Waals surface area contributed by atoms with E-state index in [0.29, 0.717) is 18.0 Å². The summed E-state index contributed by atoms with van der Waals surface area (Å²) >= 11 is 0. The molecule has 2 aromatic carbocycles. The summed E-state index contributed by atoms with van der Waals surface area (Å²) in [7, 11) is 0. The lowest BCUT2D eigenvalue weighted by atomic mass is 9.96. The van der Waals surface area contributed by atoms with Gasteiger partial charge >= 0.3 is 5.97 Å². The normalized spacial score (nSPS) is 12.3. The Bertz CT molecular complexity index is 635. The van der Waals surface area contributed by atoms with E-state index >= 15 is 0 Å². The molecule has 0 bridgehead atoms. The van der Waals surface area contributed by atoms with Gasteiger partial charge in [0.05, 0.1) is 5.56 Å². The molecule has 1 unspecified atom stereocenters. The van der Waals surface area contributed by atoms with Crippen molar-refractivity contribution in [1.82, 2.24) is 5.32 Å². The van der Waals surface area contributed by atoms with Crippen molar-refractivity contribution in [2.75, 3.05) is 0 Å². The summed E-state index contributed by atoms with van der Waals surface area (Å²) in [6.07, 6.45) is 0.825. The summed E-state index contributed by atoms with van der Waals surface area (Å²) in [5, 5.41) is 12.4. The third-order valence-corrected chi connectivity index (χ3v) is 3.94. The Morgan fingerprint density at radius 3 is 2.13 bits per heavy atom. The Morgan fingerprint density at radius 2 is 1.61 bits per heavy atom. The molecule has 23 heavy (non-hydrogen) atoms. The van der Waals surface area contributed by atoms with Crippen molar-refractivity contribution in [1.29, 1.82) is 0 Å². The summed E-state index contributed by atoms with van der Waals surface area (Å²) < 4.78 is 13.0. The van der Waals surface area contributed by atoms with E-state index in [9.17, 15) is 9.18 Å². The quantitative estimate of drug-likeness (QED) is 0.815. The van der Waals surface area contributed by atoms with Crippen LogP contribution in [0.4, 0.5) is 4.39 Å². The second-order valence-electron chi connectivity index (χ2n) is 6.06. The van der Waals surface area contributed by atoms with Gasteiger partial charge in [-0.25, -0.2) is 9.18 Å². The van der Waals surface area contributed by atoms with Gasteiger partial charge in [0.1, 0.15) is 5.82 Å². The molecule has 2 rings (SSSR count). The van der Waals surface area contributed by atoms with Gasteiger partial charge in [0.15, 0.2) is 0 Å². The first-order chi connectivity index (χ1) is 11.0. The average Bonchev–Trinajstić information content (AvgIpc) is 2.53. The molecule has 0 fully saturated rings. The van der Waals surface area contributed by atoms with Gasteiger partial charge in [-0.2, -0.15) is 0 Å². The van der Waals surface area contributed by atoms with Gasteiger partial charge in [0.25, 0.3) is 0 Å². The molecular weight excluding hydrogens is 293 g/mol. The number of carbonyl (C=O) groups is 1. The van der Waals surface area contributed by atoms with Crippen molar-refractivity contribution < 1.29 is 14.3 Å². The molecule has 0 heterocycles. The maximum Gasteiger partial charge on any atom is 0.335 e. The molecule has 0 amide bonds. The van der Waals surface area contributed by atoms with Gasteiger partial charge in [0, 0.05) is 12.6 Å². The summed E-state index contributed by atoms with van der Waals surface area (Å²) in [6, 6.07) is 13.7. The Balaban J connectivity index is 1.96. The number of carboxylic acids is 1. The maximum atomic E-state index is 13.0. The van der Waals surface area contributed by atoms with E-state index in [1.54, 1.807) is 12.1 Å². The molecule has 0 aliphatic heterocycles. The second-order valence-corrected chi connectivity index (χ2v) is 6.06. The molecule has 0 aliphatic carbocycles. The average molecular weight is 315 g/mol. The molecule has 122 valence electrons. The zero-order chi connectivity index (χ0) is 16.8. The van der Waals surface area contributed by atoms with Gasteiger partial charge in [-0.3, -0.25) is 0 Å². The zero-order valence-corrected chi connectivity index (χ0v) is 13.4. The Kier molecular flexibility index (Phi) is 5.88. The highest BCUT2D eigenvalue weighted by Crippen LogP contribution is 2.13. The fourth-order valence-electron chi connectivity index (χ4n) is 2.43. The first kappa shape index (κ1) is 17.2. The fourth-order valence-corrected chi connectivity index (χ4v) is 2.43.